The number of carbonyl (C=O) groups is 1. The van der Waals surface area contributed by atoms with E-state index in [1.807, 2.05) is 109 Å². The zero-order chi connectivity index (χ0) is 21.0. The predicted octanol–water partition coefficient (Wildman–Crippen LogP) is 6.15. The van der Waals surface area contributed by atoms with Gasteiger partial charge in [0.25, 0.3) is 5.91 Å². The van der Waals surface area contributed by atoms with Crippen molar-refractivity contribution in [3.63, 3.8) is 0 Å². The fraction of sp³-hybridized carbons (Fsp3) is 0.0370. The van der Waals surface area contributed by atoms with Crippen molar-refractivity contribution in [1.82, 2.24) is 0 Å². The summed E-state index contributed by atoms with van der Waals surface area (Å²) < 4.78 is 5.84. The second-order valence-electron chi connectivity index (χ2n) is 7.22. The van der Waals surface area contributed by atoms with Crippen LogP contribution in [0.1, 0.15) is 11.1 Å². The number of hydrogen-bond acceptors (Lipinski definition) is 3. The number of hydrogen-bond donors (Lipinski definition) is 0. The number of nitrogens with zero attached hydrogens (tertiary/aromatic N) is 2. The number of aliphatic imine (C=N–C) groups is 1. The Balaban J connectivity index is 1.38. The first-order valence-electron chi connectivity index (χ1n) is 10.1. The lowest BCUT2D eigenvalue weighted by molar-refractivity contribution is -0.111. The highest BCUT2D eigenvalue weighted by Gasteiger charge is 2.34. The van der Waals surface area contributed by atoms with Gasteiger partial charge in [-0.2, -0.15) is 0 Å². The van der Waals surface area contributed by atoms with E-state index in [0.717, 1.165) is 34.0 Å². The topological polar surface area (TPSA) is 41.9 Å². The summed E-state index contributed by atoms with van der Waals surface area (Å²) in [6, 6.07) is 34.9. The van der Waals surface area contributed by atoms with Gasteiger partial charge in [-0.3, -0.25) is 14.7 Å². The Morgan fingerprint density at radius 3 is 2.03 bits per heavy atom. The Labute approximate surface area is 181 Å². The van der Waals surface area contributed by atoms with Gasteiger partial charge in [0.2, 0.25) is 0 Å². The second-order valence-corrected chi connectivity index (χ2v) is 7.22. The van der Waals surface area contributed by atoms with Crippen LogP contribution in [0.3, 0.4) is 0 Å². The van der Waals surface area contributed by atoms with Gasteiger partial charge in [-0.1, -0.05) is 66.7 Å². The van der Waals surface area contributed by atoms with Gasteiger partial charge in [0, 0.05) is 11.3 Å². The maximum atomic E-state index is 13.2. The Hall–Kier alpha value is -4.18. The van der Waals surface area contributed by atoms with Crippen molar-refractivity contribution < 1.29 is 9.53 Å². The third kappa shape index (κ3) is 3.83. The standard InChI is InChI=1S/C27H20N2O2/c30-27-26(24-13-7-8-14-25(24)29(27)21-9-3-1-4-10-21)28-19-20-15-17-23(18-16-20)31-22-11-5-2-6-12-22/h1-18H,19H2. The molecule has 1 aliphatic heterocycles. The number of carbonyl (C=O) groups excluding carboxylic acids is 1. The van der Waals surface area contributed by atoms with Gasteiger partial charge in [-0.15, -0.1) is 0 Å². The molecule has 0 atom stereocenters. The number of anilines is 2. The molecule has 0 aliphatic carbocycles. The highest BCUT2D eigenvalue weighted by Crippen LogP contribution is 2.35. The van der Waals surface area contributed by atoms with Crippen molar-refractivity contribution in [3.05, 3.63) is 120 Å². The van der Waals surface area contributed by atoms with E-state index in [0.29, 0.717) is 12.3 Å². The largest absolute Gasteiger partial charge is 0.457 e. The summed E-state index contributed by atoms with van der Waals surface area (Å²) in [6.45, 7) is 0.420. The minimum atomic E-state index is -0.101. The average Bonchev–Trinajstić information content (AvgIpc) is 3.11. The first-order valence-corrected chi connectivity index (χ1v) is 10.1. The van der Waals surface area contributed by atoms with Crippen LogP contribution in [0.25, 0.3) is 0 Å². The summed E-state index contributed by atoms with van der Waals surface area (Å²) in [6.07, 6.45) is 0. The first-order chi connectivity index (χ1) is 15.3. The van der Waals surface area contributed by atoms with E-state index < -0.39 is 0 Å². The summed E-state index contributed by atoms with van der Waals surface area (Å²) in [5, 5.41) is 0. The molecule has 4 aromatic rings. The van der Waals surface area contributed by atoms with Crippen molar-refractivity contribution in [3.8, 4) is 11.5 Å². The highest BCUT2D eigenvalue weighted by molar-refractivity contribution is 6.55. The van der Waals surface area contributed by atoms with Gasteiger partial charge in [0.15, 0.2) is 0 Å². The van der Waals surface area contributed by atoms with E-state index in [1.54, 1.807) is 4.90 Å². The van der Waals surface area contributed by atoms with E-state index in [4.69, 9.17) is 4.74 Å². The van der Waals surface area contributed by atoms with Gasteiger partial charge in [0.05, 0.1) is 12.2 Å². The molecule has 0 aromatic heterocycles. The molecule has 4 aromatic carbocycles. The van der Waals surface area contributed by atoms with Crippen LogP contribution >= 0.6 is 0 Å². The van der Waals surface area contributed by atoms with E-state index in [2.05, 4.69) is 4.99 Å². The number of benzene rings is 4. The molecule has 0 unspecified atom stereocenters. The molecule has 31 heavy (non-hydrogen) atoms. The number of rotatable bonds is 5. The molecule has 150 valence electrons. The van der Waals surface area contributed by atoms with Crippen LogP contribution in [0.4, 0.5) is 11.4 Å². The zero-order valence-electron chi connectivity index (χ0n) is 16.8. The first kappa shape index (κ1) is 18.8. The number of amides is 1. The Morgan fingerprint density at radius 2 is 1.29 bits per heavy atom. The van der Waals surface area contributed by atoms with Crippen molar-refractivity contribution in [2.45, 2.75) is 6.54 Å². The molecule has 0 fully saturated rings. The zero-order valence-corrected chi connectivity index (χ0v) is 16.8. The summed E-state index contributed by atoms with van der Waals surface area (Å²) >= 11 is 0. The Morgan fingerprint density at radius 1 is 0.677 bits per heavy atom. The highest BCUT2D eigenvalue weighted by atomic mass is 16.5. The minimum Gasteiger partial charge on any atom is -0.457 e. The molecule has 1 amide bonds. The van der Waals surface area contributed by atoms with E-state index in [1.165, 1.54) is 0 Å². The summed E-state index contributed by atoms with van der Waals surface area (Å²) in [4.78, 5) is 19.6. The van der Waals surface area contributed by atoms with Crippen molar-refractivity contribution in [2.24, 2.45) is 4.99 Å². The molecule has 4 nitrogen and oxygen atoms in total. The molecule has 1 aliphatic rings. The number of para-hydroxylation sites is 3. The fourth-order valence-corrected chi connectivity index (χ4v) is 3.64. The normalized spacial score (nSPS) is 14.0. The molecule has 0 bridgehead atoms. The van der Waals surface area contributed by atoms with Gasteiger partial charge in [-0.25, -0.2) is 0 Å². The van der Waals surface area contributed by atoms with Crippen LogP contribution < -0.4 is 9.64 Å². The molecule has 0 radical (unpaired) electrons. The molecular formula is C27H20N2O2. The molecule has 5 rings (SSSR count). The average molecular weight is 404 g/mol. The third-order valence-electron chi connectivity index (χ3n) is 5.14. The second kappa shape index (κ2) is 8.28. The lowest BCUT2D eigenvalue weighted by Crippen LogP contribution is -2.25. The summed E-state index contributed by atoms with van der Waals surface area (Å²) in [5.74, 6) is 1.46. The maximum Gasteiger partial charge on any atom is 0.281 e. The molecule has 0 saturated heterocycles. The predicted molar refractivity (Wildman–Crippen MR) is 123 cm³/mol. The van der Waals surface area contributed by atoms with Crippen LogP contribution in [0.5, 0.6) is 11.5 Å². The van der Waals surface area contributed by atoms with E-state index in [9.17, 15) is 4.79 Å². The lowest BCUT2D eigenvalue weighted by Gasteiger charge is -2.16. The molecule has 1 heterocycles. The van der Waals surface area contributed by atoms with Crippen molar-refractivity contribution in [1.29, 1.82) is 0 Å². The number of ether oxygens (including phenoxy) is 1. The van der Waals surface area contributed by atoms with Gasteiger partial charge < -0.3 is 4.74 Å². The van der Waals surface area contributed by atoms with Crippen LogP contribution in [-0.4, -0.2) is 11.6 Å². The third-order valence-corrected chi connectivity index (χ3v) is 5.14. The number of fused-ring (bicyclic) bond motifs is 1. The van der Waals surface area contributed by atoms with Crippen LogP contribution in [0, 0.1) is 0 Å². The fourth-order valence-electron chi connectivity index (χ4n) is 3.64. The molecule has 0 saturated carbocycles. The van der Waals surface area contributed by atoms with Gasteiger partial charge in [0.1, 0.15) is 17.2 Å². The maximum absolute atomic E-state index is 13.2. The summed E-state index contributed by atoms with van der Waals surface area (Å²) in [7, 11) is 0. The smallest absolute Gasteiger partial charge is 0.281 e. The monoisotopic (exact) mass is 404 g/mol. The van der Waals surface area contributed by atoms with Crippen LogP contribution in [0.15, 0.2) is 114 Å². The van der Waals surface area contributed by atoms with Gasteiger partial charge >= 0.3 is 0 Å². The Kier molecular flexibility index (Phi) is 5.03. The Bertz CT molecular complexity index is 1230. The van der Waals surface area contributed by atoms with E-state index in [-0.39, 0.29) is 5.91 Å². The molecule has 4 heteroatoms. The molecule has 0 N–H and O–H groups in total. The van der Waals surface area contributed by atoms with Crippen molar-refractivity contribution >= 4 is 23.0 Å². The van der Waals surface area contributed by atoms with E-state index >= 15 is 0 Å². The summed E-state index contributed by atoms with van der Waals surface area (Å²) in [5.41, 5.74) is 4.07. The van der Waals surface area contributed by atoms with Crippen molar-refractivity contribution in [2.75, 3.05) is 4.90 Å². The molecule has 0 spiro atoms. The quantitative estimate of drug-likeness (QED) is 0.400. The SMILES string of the molecule is O=C1C(=NCc2ccc(Oc3ccccc3)cc2)c2ccccc2N1c1ccccc1. The van der Waals surface area contributed by atoms with Gasteiger partial charge in [-0.05, 0) is 48.0 Å². The van der Waals surface area contributed by atoms with Crippen LogP contribution in [0.2, 0.25) is 0 Å². The minimum absolute atomic E-state index is 0.101. The lowest BCUT2D eigenvalue weighted by atomic mass is 10.1. The molecular weight excluding hydrogens is 384 g/mol. The van der Waals surface area contributed by atoms with Crippen LogP contribution in [-0.2, 0) is 11.3 Å².